The Morgan fingerprint density at radius 1 is 0.975 bits per heavy atom. The number of fused-ring (bicyclic) bond motifs is 6. The van der Waals surface area contributed by atoms with Crippen LogP contribution >= 0.6 is 0 Å². The van der Waals surface area contributed by atoms with Gasteiger partial charge in [-0.25, -0.2) is 0 Å². The topological polar surface area (TPSA) is 87.0 Å². The van der Waals surface area contributed by atoms with Gasteiger partial charge in [0.25, 0.3) is 0 Å². The van der Waals surface area contributed by atoms with Gasteiger partial charge in [-0.15, -0.1) is 0 Å². The molecule has 5 nitrogen and oxygen atoms in total. The molecule has 2 aromatic carbocycles. The lowest BCUT2D eigenvalue weighted by Gasteiger charge is -2.63. The molecule has 0 heterocycles. The van der Waals surface area contributed by atoms with Gasteiger partial charge < -0.3 is 20.1 Å². The van der Waals surface area contributed by atoms with Gasteiger partial charge in [-0.05, 0) is 114 Å². The first kappa shape index (κ1) is 28.2. The molecule has 11 atom stereocenters. The number of aliphatic hydroxyl groups is 3. The summed E-state index contributed by atoms with van der Waals surface area (Å²) in [7, 11) is 0. The third kappa shape index (κ3) is 4.61. The summed E-state index contributed by atoms with van der Waals surface area (Å²) in [5.74, 6) is 1.61. The molecule has 4 aliphatic carbocycles. The zero-order valence-electron chi connectivity index (χ0n) is 24.5. The molecule has 4 fully saturated rings. The fraction of sp³-hybridized carbons (Fsp3) is 0.686. The van der Waals surface area contributed by atoms with Crippen molar-refractivity contribution in [3.63, 3.8) is 0 Å². The number of aliphatic hydroxyl groups excluding tert-OH is 3. The molecule has 5 heteroatoms. The van der Waals surface area contributed by atoms with Gasteiger partial charge in [-0.2, -0.15) is 0 Å². The molecule has 6 rings (SSSR count). The van der Waals surface area contributed by atoms with E-state index in [2.05, 4.69) is 39.0 Å². The Hall–Kier alpha value is -1.95. The van der Waals surface area contributed by atoms with Crippen LogP contribution in [0.5, 0.6) is 0 Å². The molecule has 0 radical (unpaired) electrons. The molecule has 0 aromatic heterocycles. The largest absolute Gasteiger partial charge is 0.461 e. The van der Waals surface area contributed by atoms with Crippen LogP contribution in [0.1, 0.15) is 84.1 Å². The van der Waals surface area contributed by atoms with Crippen LogP contribution in [-0.2, 0) is 16.1 Å². The smallest absolute Gasteiger partial charge is 0.306 e. The van der Waals surface area contributed by atoms with E-state index in [-0.39, 0.29) is 41.5 Å². The number of ether oxygens (including phenoxy) is 1. The summed E-state index contributed by atoms with van der Waals surface area (Å²) in [6.07, 6.45) is 6.33. The van der Waals surface area contributed by atoms with E-state index in [0.29, 0.717) is 36.0 Å². The second-order valence-electron chi connectivity index (χ2n) is 14.3. The molecule has 0 aliphatic heterocycles. The first-order chi connectivity index (χ1) is 19.1. The highest BCUT2D eigenvalue weighted by molar-refractivity contribution is 5.85. The van der Waals surface area contributed by atoms with Gasteiger partial charge in [0.05, 0.1) is 18.3 Å². The number of rotatable bonds is 6. The van der Waals surface area contributed by atoms with Crippen LogP contribution in [0.3, 0.4) is 0 Å². The monoisotopic (exact) mass is 548 g/mol. The summed E-state index contributed by atoms with van der Waals surface area (Å²) in [5.41, 5.74) is 0.870. The summed E-state index contributed by atoms with van der Waals surface area (Å²) in [5, 5.41) is 35.9. The molecule has 218 valence electrons. The third-order valence-corrected chi connectivity index (χ3v) is 12.6. The Kier molecular flexibility index (Phi) is 7.55. The van der Waals surface area contributed by atoms with Crippen LogP contribution in [0.25, 0.3) is 10.8 Å². The van der Waals surface area contributed by atoms with E-state index in [1.54, 1.807) is 0 Å². The van der Waals surface area contributed by atoms with E-state index in [1.807, 2.05) is 24.3 Å². The number of carbonyl (C=O) groups is 1. The van der Waals surface area contributed by atoms with Crippen LogP contribution in [0.15, 0.2) is 42.5 Å². The number of benzene rings is 2. The number of esters is 1. The molecular formula is C35H48O5. The highest BCUT2D eigenvalue weighted by atomic mass is 16.5. The fourth-order valence-electron chi connectivity index (χ4n) is 10.3. The van der Waals surface area contributed by atoms with E-state index >= 15 is 0 Å². The third-order valence-electron chi connectivity index (χ3n) is 12.6. The highest BCUT2D eigenvalue weighted by Gasteiger charge is 2.65. The normalized spacial score (nSPS) is 41.5. The van der Waals surface area contributed by atoms with E-state index in [4.69, 9.17) is 4.74 Å². The lowest BCUT2D eigenvalue weighted by atomic mass is 9.43. The maximum Gasteiger partial charge on any atom is 0.306 e. The van der Waals surface area contributed by atoms with Crippen LogP contribution in [0.4, 0.5) is 0 Å². The zero-order valence-corrected chi connectivity index (χ0v) is 24.5. The Morgan fingerprint density at radius 3 is 2.58 bits per heavy atom. The van der Waals surface area contributed by atoms with Crippen LogP contribution in [-0.4, -0.2) is 39.6 Å². The maximum atomic E-state index is 12.8. The van der Waals surface area contributed by atoms with Crippen molar-refractivity contribution >= 4 is 16.7 Å². The molecule has 4 aliphatic rings. The van der Waals surface area contributed by atoms with Crippen molar-refractivity contribution in [2.24, 2.45) is 46.3 Å². The molecule has 3 N–H and O–H groups in total. The standard InChI is InChI=1S/C35H48O5/c1-21(11-14-32(39)40-20-23-9-6-8-22-7-4-5-10-26(22)23)27-12-13-28-33-29(19-31(38)35(27,28)3)34(2)16-15-25(36)17-24(34)18-30(33)37/h4-10,21,24-25,27-31,33,36-38H,11-20H2,1-3H3/t21-,24?,25-,27-,28+,29+,30-,31+,33+,34+,35-/m1/s1. The lowest BCUT2D eigenvalue weighted by molar-refractivity contribution is -0.207. The molecule has 2 aromatic rings. The SMILES string of the molecule is C[C@H](CCC(=O)OCc1cccc2ccccc12)[C@H]1CC[C@H]2[C@@H]3[C@H](O)CC4C[C@H](O)CC[C@]4(C)[C@H]3C[C@H](O)[C@]12C. The van der Waals surface area contributed by atoms with Gasteiger partial charge in [0, 0.05) is 6.42 Å². The molecular weight excluding hydrogens is 500 g/mol. The first-order valence-corrected chi connectivity index (χ1v) is 15.8. The molecule has 0 saturated heterocycles. The van der Waals surface area contributed by atoms with E-state index < -0.39 is 6.10 Å². The Bertz CT molecular complexity index is 1220. The quantitative estimate of drug-likeness (QED) is 0.371. The van der Waals surface area contributed by atoms with Crippen LogP contribution in [0, 0.1) is 46.3 Å². The summed E-state index contributed by atoms with van der Waals surface area (Å²) < 4.78 is 5.72. The fourth-order valence-corrected chi connectivity index (χ4v) is 10.3. The van der Waals surface area contributed by atoms with Crippen LogP contribution in [0.2, 0.25) is 0 Å². The van der Waals surface area contributed by atoms with Gasteiger partial charge in [-0.3, -0.25) is 4.79 Å². The van der Waals surface area contributed by atoms with Crippen molar-refractivity contribution in [1.29, 1.82) is 0 Å². The molecule has 0 bridgehead atoms. The maximum absolute atomic E-state index is 12.8. The minimum atomic E-state index is -0.401. The van der Waals surface area contributed by atoms with Gasteiger partial charge in [-0.1, -0.05) is 63.2 Å². The number of hydrogen-bond acceptors (Lipinski definition) is 5. The molecule has 1 unspecified atom stereocenters. The zero-order chi connectivity index (χ0) is 28.2. The second kappa shape index (κ2) is 10.7. The molecule has 0 amide bonds. The molecule has 4 saturated carbocycles. The Labute approximate surface area is 239 Å². The summed E-state index contributed by atoms with van der Waals surface area (Å²) in [6, 6.07) is 14.3. The minimum Gasteiger partial charge on any atom is -0.461 e. The van der Waals surface area contributed by atoms with Gasteiger partial charge >= 0.3 is 5.97 Å². The van der Waals surface area contributed by atoms with Crippen molar-refractivity contribution in [1.82, 2.24) is 0 Å². The average molecular weight is 549 g/mol. The van der Waals surface area contributed by atoms with E-state index in [1.165, 1.54) is 0 Å². The molecule has 0 spiro atoms. The summed E-state index contributed by atoms with van der Waals surface area (Å²) in [6.45, 7) is 7.18. The average Bonchev–Trinajstić information content (AvgIpc) is 3.30. The minimum absolute atomic E-state index is 0.0863. The summed E-state index contributed by atoms with van der Waals surface area (Å²) in [4.78, 5) is 12.8. The number of hydrogen-bond donors (Lipinski definition) is 3. The van der Waals surface area contributed by atoms with Crippen molar-refractivity contribution in [2.75, 3.05) is 0 Å². The van der Waals surface area contributed by atoms with Crippen molar-refractivity contribution in [3.05, 3.63) is 48.0 Å². The van der Waals surface area contributed by atoms with Crippen LogP contribution < -0.4 is 0 Å². The molecule has 40 heavy (non-hydrogen) atoms. The first-order valence-electron chi connectivity index (χ1n) is 15.8. The van der Waals surface area contributed by atoms with Crippen molar-refractivity contribution in [2.45, 2.75) is 103 Å². The Morgan fingerprint density at radius 2 is 1.75 bits per heavy atom. The second-order valence-corrected chi connectivity index (χ2v) is 14.3. The summed E-state index contributed by atoms with van der Waals surface area (Å²) >= 11 is 0. The van der Waals surface area contributed by atoms with E-state index in [9.17, 15) is 20.1 Å². The predicted octanol–water partition coefficient (Wildman–Crippen LogP) is 6.26. The van der Waals surface area contributed by atoms with Crippen molar-refractivity contribution in [3.8, 4) is 0 Å². The number of carbonyl (C=O) groups excluding carboxylic acids is 1. The van der Waals surface area contributed by atoms with Gasteiger partial charge in [0.2, 0.25) is 0 Å². The predicted molar refractivity (Wildman–Crippen MR) is 156 cm³/mol. The Balaban J connectivity index is 1.10. The highest BCUT2D eigenvalue weighted by Crippen LogP contribution is 2.68. The lowest BCUT2D eigenvalue weighted by Crippen LogP contribution is -2.62. The van der Waals surface area contributed by atoms with E-state index in [0.717, 1.165) is 67.7 Å². The van der Waals surface area contributed by atoms with Gasteiger partial charge in [0.1, 0.15) is 6.61 Å². The van der Waals surface area contributed by atoms with Gasteiger partial charge in [0.15, 0.2) is 0 Å². The van der Waals surface area contributed by atoms with Crippen molar-refractivity contribution < 1.29 is 24.9 Å².